The molecule has 1 fully saturated rings. The molecule has 25 heavy (non-hydrogen) atoms. The van der Waals surface area contributed by atoms with Crippen LogP contribution in [0.15, 0.2) is 47.4 Å². The number of rotatable bonds is 4. The molecular formula is C18H14ClNO3S2. The number of hydrogen-bond acceptors (Lipinski definition) is 5. The van der Waals surface area contributed by atoms with Gasteiger partial charge in [-0.2, -0.15) is 0 Å². The number of nitrogens with zero attached hydrogens (tertiary/aromatic N) is 1. The number of hydrogen-bond donors (Lipinski definition) is 1. The predicted octanol–water partition coefficient (Wildman–Crippen LogP) is 4.85. The third-order valence-electron chi connectivity index (χ3n) is 3.46. The SMILES string of the molecule is CCOc1cc(/C=C2\SC(=S)N(c3ccc(Cl)cc3)C2=O)ccc1O. The van der Waals surface area contributed by atoms with E-state index in [1.165, 1.54) is 22.7 Å². The molecular weight excluding hydrogens is 378 g/mol. The van der Waals surface area contributed by atoms with E-state index >= 15 is 0 Å². The van der Waals surface area contributed by atoms with E-state index in [-0.39, 0.29) is 11.7 Å². The van der Waals surface area contributed by atoms with Crippen molar-refractivity contribution in [3.05, 3.63) is 58.0 Å². The third kappa shape index (κ3) is 3.81. The van der Waals surface area contributed by atoms with Crippen LogP contribution in [0.2, 0.25) is 5.02 Å². The zero-order chi connectivity index (χ0) is 18.0. The van der Waals surface area contributed by atoms with Gasteiger partial charge < -0.3 is 9.84 Å². The van der Waals surface area contributed by atoms with Crippen molar-refractivity contribution >= 4 is 57.6 Å². The van der Waals surface area contributed by atoms with Gasteiger partial charge >= 0.3 is 0 Å². The minimum Gasteiger partial charge on any atom is -0.504 e. The lowest BCUT2D eigenvalue weighted by Crippen LogP contribution is -2.27. The predicted molar refractivity (Wildman–Crippen MR) is 106 cm³/mol. The van der Waals surface area contributed by atoms with E-state index in [0.29, 0.717) is 32.3 Å². The summed E-state index contributed by atoms with van der Waals surface area (Å²) in [4.78, 5) is 14.7. The molecule has 0 aliphatic carbocycles. The number of ether oxygens (including phenoxy) is 1. The molecule has 2 aromatic rings. The number of anilines is 1. The van der Waals surface area contributed by atoms with Gasteiger partial charge in [0.25, 0.3) is 5.91 Å². The zero-order valence-electron chi connectivity index (χ0n) is 13.2. The molecule has 1 N–H and O–H groups in total. The van der Waals surface area contributed by atoms with Crippen LogP contribution in [-0.2, 0) is 4.79 Å². The third-order valence-corrected chi connectivity index (χ3v) is 5.01. The van der Waals surface area contributed by atoms with Crippen molar-refractivity contribution in [1.82, 2.24) is 0 Å². The van der Waals surface area contributed by atoms with Crippen LogP contribution in [0.25, 0.3) is 6.08 Å². The van der Waals surface area contributed by atoms with Crippen molar-refractivity contribution in [3.8, 4) is 11.5 Å². The number of phenols is 1. The molecule has 4 nitrogen and oxygen atoms in total. The number of benzene rings is 2. The molecule has 1 aliphatic heterocycles. The van der Waals surface area contributed by atoms with Crippen LogP contribution in [-0.4, -0.2) is 21.9 Å². The van der Waals surface area contributed by atoms with Crippen molar-refractivity contribution < 1.29 is 14.6 Å². The first-order valence-corrected chi connectivity index (χ1v) is 9.09. The summed E-state index contributed by atoms with van der Waals surface area (Å²) in [5.74, 6) is 0.250. The first-order valence-electron chi connectivity index (χ1n) is 7.49. The maximum atomic E-state index is 12.7. The molecule has 3 rings (SSSR count). The quantitative estimate of drug-likeness (QED) is 0.596. The molecule has 128 valence electrons. The van der Waals surface area contributed by atoms with E-state index in [0.717, 1.165) is 5.56 Å². The first-order chi connectivity index (χ1) is 12.0. The Morgan fingerprint density at radius 2 is 2.00 bits per heavy atom. The maximum Gasteiger partial charge on any atom is 0.270 e. The monoisotopic (exact) mass is 391 g/mol. The van der Waals surface area contributed by atoms with Gasteiger partial charge in [0.1, 0.15) is 0 Å². The van der Waals surface area contributed by atoms with Crippen molar-refractivity contribution in [2.24, 2.45) is 0 Å². The molecule has 7 heteroatoms. The topological polar surface area (TPSA) is 49.8 Å². The second kappa shape index (κ2) is 7.47. The van der Waals surface area contributed by atoms with Gasteiger partial charge in [0.05, 0.1) is 17.2 Å². The number of phenolic OH excluding ortho intramolecular Hbond substituents is 1. The normalized spacial score (nSPS) is 15.9. The Bertz CT molecular complexity index is 865. The van der Waals surface area contributed by atoms with Crippen LogP contribution in [0.3, 0.4) is 0 Å². The summed E-state index contributed by atoms with van der Waals surface area (Å²) < 4.78 is 5.83. The Balaban J connectivity index is 1.90. The Morgan fingerprint density at radius 3 is 2.68 bits per heavy atom. The van der Waals surface area contributed by atoms with Crippen molar-refractivity contribution in [3.63, 3.8) is 0 Å². The number of aromatic hydroxyl groups is 1. The Labute approximate surface area is 160 Å². The second-order valence-corrected chi connectivity index (χ2v) is 7.27. The number of carbonyl (C=O) groups excluding carboxylic acids is 1. The van der Waals surface area contributed by atoms with Crippen LogP contribution in [0.1, 0.15) is 12.5 Å². The fourth-order valence-corrected chi connectivity index (χ4v) is 3.75. The molecule has 0 radical (unpaired) electrons. The molecule has 0 unspecified atom stereocenters. The highest BCUT2D eigenvalue weighted by atomic mass is 35.5. The van der Waals surface area contributed by atoms with Crippen molar-refractivity contribution in [2.45, 2.75) is 6.92 Å². The number of carbonyl (C=O) groups is 1. The summed E-state index contributed by atoms with van der Waals surface area (Å²) in [5.41, 5.74) is 1.42. The number of halogens is 1. The van der Waals surface area contributed by atoms with Gasteiger partial charge in [-0.15, -0.1) is 0 Å². The van der Waals surface area contributed by atoms with E-state index in [2.05, 4.69) is 0 Å². The standard InChI is InChI=1S/C18H14ClNO3S2/c1-2-23-15-9-11(3-8-14(15)21)10-16-17(22)20(18(24)25-16)13-6-4-12(19)5-7-13/h3-10,21H,2H2,1H3/b16-10-. The Kier molecular flexibility index (Phi) is 5.32. The highest BCUT2D eigenvalue weighted by Crippen LogP contribution is 2.37. The van der Waals surface area contributed by atoms with Crippen LogP contribution < -0.4 is 9.64 Å². The average Bonchev–Trinajstić information content (AvgIpc) is 2.86. The molecule has 1 saturated heterocycles. The molecule has 1 aliphatic rings. The minimum atomic E-state index is -0.191. The minimum absolute atomic E-state index is 0.0627. The summed E-state index contributed by atoms with van der Waals surface area (Å²) in [6.07, 6.45) is 1.73. The highest BCUT2D eigenvalue weighted by molar-refractivity contribution is 8.27. The molecule has 2 aromatic carbocycles. The van der Waals surface area contributed by atoms with Gasteiger partial charge in [0, 0.05) is 5.02 Å². The van der Waals surface area contributed by atoms with E-state index in [9.17, 15) is 9.90 Å². The lowest BCUT2D eigenvalue weighted by molar-refractivity contribution is -0.113. The molecule has 1 heterocycles. The molecule has 0 spiro atoms. The van der Waals surface area contributed by atoms with Gasteiger partial charge in [0.2, 0.25) is 0 Å². The largest absolute Gasteiger partial charge is 0.504 e. The fourth-order valence-electron chi connectivity index (χ4n) is 2.32. The number of thioether (sulfide) groups is 1. The summed E-state index contributed by atoms with van der Waals surface area (Å²) in [7, 11) is 0. The van der Waals surface area contributed by atoms with Gasteiger partial charge in [0.15, 0.2) is 15.8 Å². The van der Waals surface area contributed by atoms with Gasteiger partial charge in [-0.1, -0.05) is 41.6 Å². The van der Waals surface area contributed by atoms with Gasteiger partial charge in [-0.25, -0.2) is 0 Å². The van der Waals surface area contributed by atoms with E-state index < -0.39 is 0 Å². The zero-order valence-corrected chi connectivity index (χ0v) is 15.6. The van der Waals surface area contributed by atoms with E-state index in [4.69, 9.17) is 28.6 Å². The van der Waals surface area contributed by atoms with Crippen LogP contribution in [0.5, 0.6) is 11.5 Å². The maximum absolute atomic E-state index is 12.7. The molecule has 0 atom stereocenters. The lowest BCUT2D eigenvalue weighted by atomic mass is 10.2. The summed E-state index contributed by atoms with van der Waals surface area (Å²) in [5, 5.41) is 10.4. The van der Waals surface area contributed by atoms with E-state index in [1.807, 2.05) is 6.92 Å². The molecule has 1 amide bonds. The van der Waals surface area contributed by atoms with Crippen molar-refractivity contribution in [2.75, 3.05) is 11.5 Å². The smallest absolute Gasteiger partial charge is 0.270 e. The lowest BCUT2D eigenvalue weighted by Gasteiger charge is -2.14. The van der Waals surface area contributed by atoms with E-state index in [1.54, 1.807) is 42.5 Å². The highest BCUT2D eigenvalue weighted by Gasteiger charge is 2.33. The van der Waals surface area contributed by atoms with Crippen LogP contribution in [0, 0.1) is 0 Å². The van der Waals surface area contributed by atoms with Crippen LogP contribution >= 0.6 is 35.6 Å². The molecule has 0 saturated carbocycles. The van der Waals surface area contributed by atoms with Crippen molar-refractivity contribution in [1.29, 1.82) is 0 Å². The Morgan fingerprint density at radius 1 is 1.28 bits per heavy atom. The summed E-state index contributed by atoms with van der Waals surface area (Å²) in [6, 6.07) is 11.9. The average molecular weight is 392 g/mol. The molecule has 0 aromatic heterocycles. The fraction of sp³-hybridized carbons (Fsp3) is 0.111. The first kappa shape index (κ1) is 17.8. The van der Waals surface area contributed by atoms with Gasteiger partial charge in [-0.05, 0) is 55.0 Å². The summed E-state index contributed by atoms with van der Waals surface area (Å²) >= 11 is 12.5. The summed E-state index contributed by atoms with van der Waals surface area (Å²) in [6.45, 7) is 2.28. The second-order valence-electron chi connectivity index (χ2n) is 5.15. The van der Waals surface area contributed by atoms with Crippen LogP contribution in [0.4, 0.5) is 5.69 Å². The number of thiocarbonyl (C=S) groups is 1. The number of amides is 1. The Hall–Kier alpha value is -2.02. The molecule has 0 bridgehead atoms. The van der Waals surface area contributed by atoms with Gasteiger partial charge in [-0.3, -0.25) is 9.69 Å².